The summed E-state index contributed by atoms with van der Waals surface area (Å²) < 4.78 is 54.2. The van der Waals surface area contributed by atoms with Crippen molar-refractivity contribution in [1.82, 2.24) is 4.31 Å². The normalized spacial score (nSPS) is 15.7. The van der Waals surface area contributed by atoms with Gasteiger partial charge < -0.3 is 9.47 Å². The number of benzene rings is 3. The zero-order valence-corrected chi connectivity index (χ0v) is 24.3. The van der Waals surface area contributed by atoms with Crippen molar-refractivity contribution in [1.29, 1.82) is 0 Å². The number of hydrogen-bond acceptors (Lipinski definition) is 6. The van der Waals surface area contributed by atoms with E-state index in [-0.39, 0.29) is 30.0 Å². The maximum Gasteiger partial charge on any atom is 0.252 e. The first-order chi connectivity index (χ1) is 18.9. The third-order valence-electron chi connectivity index (χ3n) is 7.49. The van der Waals surface area contributed by atoms with E-state index in [9.17, 15) is 22.4 Å². The van der Waals surface area contributed by atoms with Gasteiger partial charge in [-0.1, -0.05) is 12.1 Å². The summed E-state index contributed by atoms with van der Waals surface area (Å²) in [6.07, 6.45) is -0.0821. The number of ether oxygens (including phenoxy) is 2. The molecule has 1 atom stereocenters. The third kappa shape index (κ3) is 5.33. The number of carbonyl (C=O) groups excluding carboxylic acids is 2. The van der Waals surface area contributed by atoms with E-state index in [1.165, 1.54) is 26.4 Å². The first kappa shape index (κ1) is 29.2. The van der Waals surface area contributed by atoms with Crippen molar-refractivity contribution in [2.75, 3.05) is 25.7 Å². The van der Waals surface area contributed by atoms with Crippen LogP contribution < -0.4 is 14.4 Å². The fourth-order valence-corrected chi connectivity index (χ4v) is 7.27. The molecule has 10 heteroatoms. The highest BCUT2D eigenvalue weighted by atomic mass is 32.2. The Morgan fingerprint density at radius 3 is 2.08 bits per heavy atom. The van der Waals surface area contributed by atoms with Gasteiger partial charge in [0, 0.05) is 6.54 Å². The SMILES string of the molecule is COc1ccc(CCN(C2CC(=O)N(c3ccc(F)cc3)C2=O)S(=O)(=O)c2c(C)c(C)cc(C)c2C)cc1OC. The average Bonchev–Trinajstić information content (AvgIpc) is 3.20. The van der Waals surface area contributed by atoms with Crippen LogP contribution in [0.3, 0.4) is 0 Å². The molecule has 0 bridgehead atoms. The second-order valence-electron chi connectivity index (χ2n) is 9.91. The number of carbonyl (C=O) groups is 2. The van der Waals surface area contributed by atoms with E-state index < -0.39 is 33.7 Å². The summed E-state index contributed by atoms with van der Waals surface area (Å²) in [7, 11) is -1.21. The van der Waals surface area contributed by atoms with E-state index in [1.807, 2.05) is 19.9 Å². The minimum atomic E-state index is -4.24. The Morgan fingerprint density at radius 2 is 1.50 bits per heavy atom. The van der Waals surface area contributed by atoms with Crippen LogP contribution in [0.15, 0.2) is 53.4 Å². The Balaban J connectivity index is 1.79. The number of rotatable bonds is 9. The van der Waals surface area contributed by atoms with Gasteiger partial charge in [0.05, 0.1) is 31.2 Å². The minimum absolute atomic E-state index is 0.0649. The Hall–Kier alpha value is -3.76. The Kier molecular flexibility index (Phi) is 8.32. The molecule has 0 radical (unpaired) electrons. The van der Waals surface area contributed by atoms with Crippen LogP contribution in [0.5, 0.6) is 11.5 Å². The highest BCUT2D eigenvalue weighted by Crippen LogP contribution is 2.34. The molecule has 3 aromatic rings. The van der Waals surface area contributed by atoms with Crippen LogP contribution in [0.2, 0.25) is 0 Å². The number of sulfonamides is 1. The number of aryl methyl sites for hydroxylation is 2. The summed E-state index contributed by atoms with van der Waals surface area (Å²) in [5.41, 5.74) is 3.75. The maximum absolute atomic E-state index is 14.4. The number of anilines is 1. The van der Waals surface area contributed by atoms with Gasteiger partial charge in [-0.2, -0.15) is 4.31 Å². The van der Waals surface area contributed by atoms with Gasteiger partial charge in [0.2, 0.25) is 15.9 Å². The van der Waals surface area contributed by atoms with Crippen LogP contribution in [0, 0.1) is 33.5 Å². The second-order valence-corrected chi connectivity index (χ2v) is 11.7. The van der Waals surface area contributed by atoms with Crippen LogP contribution in [-0.2, 0) is 26.0 Å². The average molecular weight is 569 g/mol. The molecule has 1 fully saturated rings. The van der Waals surface area contributed by atoms with Crippen molar-refractivity contribution in [2.24, 2.45) is 0 Å². The minimum Gasteiger partial charge on any atom is -0.493 e. The van der Waals surface area contributed by atoms with Gasteiger partial charge >= 0.3 is 0 Å². The summed E-state index contributed by atoms with van der Waals surface area (Å²) >= 11 is 0. The molecule has 0 aliphatic carbocycles. The monoisotopic (exact) mass is 568 g/mol. The van der Waals surface area contributed by atoms with E-state index in [4.69, 9.17) is 9.47 Å². The smallest absolute Gasteiger partial charge is 0.252 e. The molecule has 2 amide bonds. The second kappa shape index (κ2) is 11.4. The van der Waals surface area contributed by atoms with Crippen LogP contribution in [0.1, 0.15) is 34.2 Å². The van der Waals surface area contributed by atoms with E-state index in [0.717, 1.165) is 38.0 Å². The number of hydrogen-bond donors (Lipinski definition) is 0. The largest absolute Gasteiger partial charge is 0.493 e. The molecular weight excluding hydrogens is 535 g/mol. The zero-order chi connectivity index (χ0) is 29.4. The molecule has 1 aliphatic rings. The first-order valence-corrected chi connectivity index (χ1v) is 14.3. The summed E-state index contributed by atoms with van der Waals surface area (Å²) in [6.45, 7) is 7.11. The molecule has 0 aromatic heterocycles. The molecule has 1 aliphatic heterocycles. The van der Waals surface area contributed by atoms with Crippen molar-refractivity contribution in [3.63, 3.8) is 0 Å². The Labute approximate surface area is 234 Å². The number of amides is 2. The van der Waals surface area contributed by atoms with Gasteiger partial charge in [0.1, 0.15) is 11.9 Å². The number of nitrogens with zero attached hydrogens (tertiary/aromatic N) is 2. The van der Waals surface area contributed by atoms with Crippen molar-refractivity contribution >= 4 is 27.5 Å². The van der Waals surface area contributed by atoms with E-state index in [1.54, 1.807) is 32.0 Å². The van der Waals surface area contributed by atoms with Gasteiger partial charge in [-0.3, -0.25) is 9.59 Å². The standard InChI is InChI=1S/C30H33FN2O6S/c1-18-15-19(2)21(4)29(20(18)3)40(36,37)32(14-13-22-7-12-26(38-5)27(16-22)39-6)25-17-28(34)33(30(25)35)24-10-8-23(31)9-11-24/h7-12,15-16,25H,13-14,17H2,1-6H3. The quantitative estimate of drug-likeness (QED) is 0.349. The predicted molar refractivity (Wildman–Crippen MR) is 150 cm³/mol. The lowest BCUT2D eigenvalue weighted by atomic mass is 10.0. The Bertz CT molecular complexity index is 1540. The molecule has 1 heterocycles. The van der Waals surface area contributed by atoms with E-state index in [0.29, 0.717) is 22.6 Å². The van der Waals surface area contributed by atoms with Crippen LogP contribution in [-0.4, -0.2) is 51.3 Å². The van der Waals surface area contributed by atoms with Crippen LogP contribution in [0.4, 0.5) is 10.1 Å². The molecule has 0 spiro atoms. The van der Waals surface area contributed by atoms with Crippen molar-refractivity contribution in [2.45, 2.75) is 51.5 Å². The van der Waals surface area contributed by atoms with E-state index >= 15 is 0 Å². The van der Waals surface area contributed by atoms with Gasteiger partial charge in [-0.15, -0.1) is 0 Å². The van der Waals surface area contributed by atoms with Gasteiger partial charge in [-0.05, 0) is 98.3 Å². The molecule has 8 nitrogen and oxygen atoms in total. The molecule has 3 aromatic carbocycles. The highest BCUT2D eigenvalue weighted by molar-refractivity contribution is 7.89. The topological polar surface area (TPSA) is 93.2 Å². The molecule has 4 rings (SSSR count). The number of halogens is 1. The maximum atomic E-state index is 14.4. The first-order valence-electron chi connectivity index (χ1n) is 12.8. The molecule has 0 N–H and O–H groups in total. The molecule has 0 saturated carbocycles. The molecule has 1 unspecified atom stereocenters. The molecule has 1 saturated heterocycles. The van der Waals surface area contributed by atoms with Gasteiger partial charge in [0.25, 0.3) is 5.91 Å². The predicted octanol–water partition coefficient (Wildman–Crippen LogP) is 4.64. The summed E-state index contributed by atoms with van der Waals surface area (Å²) in [6, 6.07) is 10.9. The lowest BCUT2D eigenvalue weighted by molar-refractivity contribution is -0.122. The van der Waals surface area contributed by atoms with Crippen LogP contribution in [0.25, 0.3) is 0 Å². The lowest BCUT2D eigenvalue weighted by Gasteiger charge is -2.29. The summed E-state index contributed by atoms with van der Waals surface area (Å²) in [4.78, 5) is 27.8. The van der Waals surface area contributed by atoms with Gasteiger partial charge in [-0.25, -0.2) is 17.7 Å². The lowest BCUT2D eigenvalue weighted by Crippen LogP contribution is -2.46. The van der Waals surface area contributed by atoms with Crippen molar-refractivity contribution in [3.8, 4) is 11.5 Å². The zero-order valence-electron chi connectivity index (χ0n) is 23.4. The molecular formula is C30H33FN2O6S. The number of methoxy groups -OCH3 is 2. The summed E-state index contributed by atoms with van der Waals surface area (Å²) in [5, 5.41) is 0. The molecule has 212 valence electrons. The van der Waals surface area contributed by atoms with Crippen molar-refractivity contribution in [3.05, 3.63) is 82.2 Å². The van der Waals surface area contributed by atoms with Crippen LogP contribution >= 0.6 is 0 Å². The van der Waals surface area contributed by atoms with E-state index in [2.05, 4.69) is 0 Å². The molecule has 40 heavy (non-hydrogen) atoms. The number of imide groups is 1. The van der Waals surface area contributed by atoms with Gasteiger partial charge in [0.15, 0.2) is 11.5 Å². The highest BCUT2D eigenvalue weighted by Gasteiger charge is 2.47. The summed E-state index contributed by atoms with van der Waals surface area (Å²) in [5.74, 6) is -0.720. The fraction of sp³-hybridized carbons (Fsp3) is 0.333. The third-order valence-corrected chi connectivity index (χ3v) is 9.67. The Morgan fingerprint density at radius 1 is 0.900 bits per heavy atom. The fourth-order valence-electron chi connectivity index (χ4n) is 5.11. The van der Waals surface area contributed by atoms with Crippen molar-refractivity contribution < 1.29 is 31.9 Å².